The summed E-state index contributed by atoms with van der Waals surface area (Å²) in [5.74, 6) is 0.00927. The minimum absolute atomic E-state index is 0.199. The number of nitrogens with zero attached hydrogens (tertiary/aromatic N) is 2. The summed E-state index contributed by atoms with van der Waals surface area (Å²) in [6.07, 6.45) is -3.41. The first-order chi connectivity index (χ1) is 21.0. The van der Waals surface area contributed by atoms with E-state index in [0.717, 1.165) is 17.7 Å². The summed E-state index contributed by atoms with van der Waals surface area (Å²) < 4.78 is 79.1. The highest BCUT2D eigenvalue weighted by Crippen LogP contribution is 2.33. The molecule has 4 aromatic carbocycles. The van der Waals surface area contributed by atoms with Crippen molar-refractivity contribution < 1.29 is 35.9 Å². The molecule has 0 aliphatic heterocycles. The van der Waals surface area contributed by atoms with Crippen molar-refractivity contribution in [3.05, 3.63) is 119 Å². The van der Waals surface area contributed by atoms with E-state index in [2.05, 4.69) is 10.5 Å². The number of nitrogens with one attached hydrogen (secondary N) is 1. The second kappa shape index (κ2) is 14.3. The number of carbonyl (C=O) groups is 1. The lowest BCUT2D eigenvalue weighted by Gasteiger charge is -2.24. The lowest BCUT2D eigenvalue weighted by atomic mass is 10.2. The van der Waals surface area contributed by atoms with Crippen molar-refractivity contribution in [3.63, 3.8) is 0 Å². The topological polar surface area (TPSA) is 97.3 Å². The standard InChI is InChI=1S/C31H27ClF3N3O5S/c1-2-42-29-17-22(14-15-28(29)43-21-23-8-6-10-25(32)16-23)19-36-37-30(39)20-38(44(40,41)27-12-4-3-5-13-27)26-11-7-9-24(18-26)31(33,34)35/h3-19H,2,20-21H2,1H3,(H,37,39)/b36-19-. The van der Waals surface area contributed by atoms with Gasteiger partial charge in [0.1, 0.15) is 13.2 Å². The molecule has 0 saturated carbocycles. The summed E-state index contributed by atoms with van der Waals surface area (Å²) in [7, 11) is -4.42. The van der Waals surface area contributed by atoms with Gasteiger partial charge in [-0.3, -0.25) is 9.10 Å². The fraction of sp³-hybridized carbons (Fsp3) is 0.161. The minimum atomic E-state index is -4.72. The Morgan fingerprint density at radius 1 is 0.932 bits per heavy atom. The Labute approximate surface area is 257 Å². The zero-order valence-electron chi connectivity index (χ0n) is 23.3. The molecule has 44 heavy (non-hydrogen) atoms. The molecule has 0 unspecified atom stereocenters. The van der Waals surface area contributed by atoms with E-state index in [1.54, 1.807) is 43.3 Å². The van der Waals surface area contributed by atoms with Gasteiger partial charge in [0.25, 0.3) is 15.9 Å². The third kappa shape index (κ3) is 8.51. The maximum atomic E-state index is 13.4. The van der Waals surface area contributed by atoms with E-state index >= 15 is 0 Å². The lowest BCUT2D eigenvalue weighted by molar-refractivity contribution is -0.137. The van der Waals surface area contributed by atoms with E-state index in [1.807, 2.05) is 12.1 Å². The molecule has 0 aliphatic carbocycles. The van der Waals surface area contributed by atoms with E-state index in [4.69, 9.17) is 21.1 Å². The van der Waals surface area contributed by atoms with E-state index in [0.29, 0.717) is 39.1 Å². The smallest absolute Gasteiger partial charge is 0.416 e. The van der Waals surface area contributed by atoms with E-state index < -0.39 is 34.2 Å². The van der Waals surface area contributed by atoms with Gasteiger partial charge in [-0.2, -0.15) is 18.3 Å². The first-order valence-electron chi connectivity index (χ1n) is 13.2. The molecule has 4 aromatic rings. The van der Waals surface area contributed by atoms with Gasteiger partial charge in [-0.05, 0) is 78.7 Å². The van der Waals surface area contributed by atoms with Gasteiger partial charge in [-0.15, -0.1) is 0 Å². The van der Waals surface area contributed by atoms with Crippen LogP contribution >= 0.6 is 11.6 Å². The van der Waals surface area contributed by atoms with Crippen molar-refractivity contribution in [2.24, 2.45) is 5.10 Å². The van der Waals surface area contributed by atoms with Crippen molar-refractivity contribution >= 4 is 39.4 Å². The van der Waals surface area contributed by atoms with Crippen LogP contribution in [0.5, 0.6) is 11.5 Å². The second-order valence-electron chi connectivity index (χ2n) is 9.22. The molecule has 0 saturated heterocycles. The van der Waals surface area contributed by atoms with Crippen LogP contribution in [0.25, 0.3) is 0 Å². The van der Waals surface area contributed by atoms with Crippen LogP contribution in [0.2, 0.25) is 5.02 Å². The van der Waals surface area contributed by atoms with Crippen molar-refractivity contribution in [1.82, 2.24) is 5.43 Å². The van der Waals surface area contributed by atoms with Gasteiger partial charge in [-0.1, -0.05) is 48.0 Å². The number of anilines is 1. The van der Waals surface area contributed by atoms with Crippen LogP contribution in [0.3, 0.4) is 0 Å². The largest absolute Gasteiger partial charge is 0.490 e. The first kappa shape index (κ1) is 32.4. The summed E-state index contributed by atoms with van der Waals surface area (Å²) in [5, 5.41) is 4.48. The molecule has 1 N–H and O–H groups in total. The lowest BCUT2D eigenvalue weighted by Crippen LogP contribution is -2.39. The van der Waals surface area contributed by atoms with Crippen molar-refractivity contribution in [3.8, 4) is 11.5 Å². The summed E-state index contributed by atoms with van der Waals surface area (Å²) in [5.41, 5.74) is 2.22. The SMILES string of the molecule is CCOc1cc(/C=N\NC(=O)CN(c2cccc(C(F)(F)F)c2)S(=O)(=O)c2ccccc2)ccc1OCc1cccc(Cl)c1. The second-order valence-corrected chi connectivity index (χ2v) is 11.5. The maximum Gasteiger partial charge on any atom is 0.416 e. The molecule has 4 rings (SSSR count). The monoisotopic (exact) mass is 645 g/mol. The van der Waals surface area contributed by atoms with Gasteiger partial charge in [0.2, 0.25) is 0 Å². The molecule has 0 heterocycles. The fourth-order valence-corrected chi connectivity index (χ4v) is 5.64. The Balaban J connectivity index is 1.50. The zero-order chi connectivity index (χ0) is 31.7. The number of hydrogen-bond donors (Lipinski definition) is 1. The van der Waals surface area contributed by atoms with Crippen LogP contribution in [0.4, 0.5) is 18.9 Å². The fourth-order valence-electron chi connectivity index (χ4n) is 4.00. The molecule has 230 valence electrons. The van der Waals surface area contributed by atoms with Crippen LogP contribution in [-0.2, 0) is 27.6 Å². The minimum Gasteiger partial charge on any atom is -0.490 e. The van der Waals surface area contributed by atoms with Gasteiger partial charge in [0.15, 0.2) is 11.5 Å². The number of hydrogen-bond acceptors (Lipinski definition) is 6. The molecular weight excluding hydrogens is 619 g/mol. The highest BCUT2D eigenvalue weighted by molar-refractivity contribution is 7.92. The van der Waals surface area contributed by atoms with Crippen LogP contribution < -0.4 is 19.2 Å². The summed E-state index contributed by atoms with van der Waals surface area (Å²) in [4.78, 5) is 12.6. The van der Waals surface area contributed by atoms with E-state index in [9.17, 15) is 26.4 Å². The molecule has 0 radical (unpaired) electrons. The average Bonchev–Trinajstić information content (AvgIpc) is 3.00. The Morgan fingerprint density at radius 3 is 2.39 bits per heavy atom. The predicted molar refractivity (Wildman–Crippen MR) is 162 cm³/mol. The Kier molecular flexibility index (Phi) is 10.5. The number of sulfonamides is 1. The molecule has 0 spiro atoms. The zero-order valence-corrected chi connectivity index (χ0v) is 24.9. The van der Waals surface area contributed by atoms with Gasteiger partial charge in [0.05, 0.1) is 29.0 Å². The summed E-state index contributed by atoms with van der Waals surface area (Å²) in [6, 6.07) is 23.0. The number of amides is 1. The van der Waals surface area contributed by atoms with E-state index in [1.165, 1.54) is 36.5 Å². The predicted octanol–water partition coefficient (Wildman–Crippen LogP) is 6.68. The summed E-state index contributed by atoms with van der Waals surface area (Å²) >= 11 is 6.03. The van der Waals surface area contributed by atoms with Crippen LogP contribution in [0, 0.1) is 0 Å². The number of rotatable bonds is 12. The van der Waals surface area contributed by atoms with Crippen LogP contribution in [0.1, 0.15) is 23.6 Å². The van der Waals surface area contributed by atoms with Crippen LogP contribution in [0.15, 0.2) is 107 Å². The van der Waals surface area contributed by atoms with Gasteiger partial charge in [-0.25, -0.2) is 13.8 Å². The van der Waals surface area contributed by atoms with Crippen LogP contribution in [-0.4, -0.2) is 33.7 Å². The summed E-state index contributed by atoms with van der Waals surface area (Å²) in [6.45, 7) is 1.57. The highest BCUT2D eigenvalue weighted by Gasteiger charge is 2.33. The maximum absolute atomic E-state index is 13.4. The third-order valence-electron chi connectivity index (χ3n) is 6.03. The van der Waals surface area contributed by atoms with Gasteiger partial charge >= 0.3 is 6.18 Å². The van der Waals surface area contributed by atoms with Crippen molar-refractivity contribution in [1.29, 1.82) is 0 Å². The number of carbonyl (C=O) groups excluding carboxylic acids is 1. The Hall–Kier alpha value is -4.55. The number of halogens is 4. The number of alkyl halides is 3. The number of benzene rings is 4. The van der Waals surface area contributed by atoms with Gasteiger partial charge in [0, 0.05) is 5.02 Å². The molecular formula is C31H27ClF3N3O5S. The Morgan fingerprint density at radius 2 is 1.68 bits per heavy atom. The van der Waals surface area contributed by atoms with Gasteiger partial charge < -0.3 is 9.47 Å². The molecule has 0 aromatic heterocycles. The Bertz CT molecular complexity index is 1740. The quantitative estimate of drug-likeness (QED) is 0.137. The molecule has 0 bridgehead atoms. The first-order valence-corrected chi connectivity index (χ1v) is 15.0. The molecule has 0 atom stereocenters. The normalized spacial score (nSPS) is 11.8. The molecule has 0 aliphatic rings. The number of hydrazone groups is 1. The number of ether oxygens (including phenoxy) is 2. The highest BCUT2D eigenvalue weighted by atomic mass is 35.5. The molecule has 13 heteroatoms. The van der Waals surface area contributed by atoms with Crippen molar-refractivity contribution in [2.75, 3.05) is 17.5 Å². The molecule has 1 amide bonds. The molecule has 8 nitrogen and oxygen atoms in total. The molecule has 0 fully saturated rings. The third-order valence-corrected chi connectivity index (χ3v) is 8.06. The van der Waals surface area contributed by atoms with Crippen molar-refractivity contribution in [2.45, 2.75) is 24.6 Å². The average molecular weight is 646 g/mol. The van der Waals surface area contributed by atoms with E-state index in [-0.39, 0.29) is 17.2 Å².